The topological polar surface area (TPSA) is 8.81 Å². The van der Waals surface area contributed by atoms with Gasteiger partial charge in [-0.15, -0.1) is 0 Å². The van der Waals surface area contributed by atoms with Gasteiger partial charge < -0.3 is 17.3 Å². The Labute approximate surface area is 180 Å². The minimum atomic E-state index is -6.00. The van der Waals surface area contributed by atoms with E-state index in [-0.39, 0.29) is 0 Å². The third-order valence-electron chi connectivity index (χ3n) is 7.42. The van der Waals surface area contributed by atoms with Gasteiger partial charge in [0.2, 0.25) is 6.33 Å². The highest BCUT2D eigenvalue weighted by atomic mass is 19.5. The summed E-state index contributed by atoms with van der Waals surface area (Å²) in [6.07, 6.45) is 15.6. The Morgan fingerprint density at radius 3 is 1.87 bits per heavy atom. The van der Waals surface area contributed by atoms with Crippen molar-refractivity contribution in [2.75, 3.05) is 0 Å². The fourth-order valence-corrected chi connectivity index (χ4v) is 5.77. The second kappa shape index (κ2) is 10.5. The highest BCUT2D eigenvalue weighted by Crippen LogP contribution is 2.41. The quantitative estimate of drug-likeness (QED) is 0.267. The molecule has 30 heavy (non-hydrogen) atoms. The minimum absolute atomic E-state index is 0.698. The van der Waals surface area contributed by atoms with Crippen molar-refractivity contribution in [1.29, 1.82) is 0 Å². The Balaban J connectivity index is 0.000000575. The summed E-state index contributed by atoms with van der Waals surface area (Å²) in [6, 6.07) is 1.40. The zero-order valence-electron chi connectivity index (χ0n) is 19.6. The second-order valence-electron chi connectivity index (χ2n) is 10.6. The Hall–Kier alpha value is -1.01. The first-order valence-corrected chi connectivity index (χ1v) is 11.8. The average molecular weight is 432 g/mol. The van der Waals surface area contributed by atoms with Crippen molar-refractivity contribution in [3.8, 4) is 0 Å². The molecular weight excluding hydrogens is 391 g/mol. The van der Waals surface area contributed by atoms with E-state index in [9.17, 15) is 17.3 Å². The lowest BCUT2D eigenvalue weighted by Crippen LogP contribution is -2.46. The molecule has 2 nitrogen and oxygen atoms in total. The summed E-state index contributed by atoms with van der Waals surface area (Å²) >= 11 is 0. The molecule has 0 N–H and O–H groups in total. The van der Waals surface area contributed by atoms with E-state index < -0.39 is 7.25 Å². The molecule has 2 aliphatic rings. The molecule has 3 rings (SSSR count). The Morgan fingerprint density at radius 2 is 1.33 bits per heavy atom. The molecule has 0 aliphatic heterocycles. The fourth-order valence-electron chi connectivity index (χ4n) is 5.77. The maximum atomic E-state index is 9.75. The Morgan fingerprint density at radius 1 is 0.833 bits per heavy atom. The number of hydrogen-bond acceptors (Lipinski definition) is 0. The van der Waals surface area contributed by atoms with Gasteiger partial charge in [-0.25, -0.2) is 9.13 Å². The smallest absolute Gasteiger partial charge is 0.418 e. The molecule has 6 atom stereocenters. The molecule has 0 amide bonds. The molecule has 2 saturated carbocycles. The van der Waals surface area contributed by atoms with Crippen molar-refractivity contribution in [3.63, 3.8) is 0 Å². The summed E-state index contributed by atoms with van der Waals surface area (Å²) in [6.45, 7) is 14.6. The fraction of sp³-hybridized carbons (Fsp3) is 0.870. The minimum Gasteiger partial charge on any atom is -0.418 e. The van der Waals surface area contributed by atoms with Crippen molar-refractivity contribution in [2.45, 2.75) is 92.2 Å². The van der Waals surface area contributed by atoms with Gasteiger partial charge in [-0.1, -0.05) is 54.4 Å². The van der Waals surface area contributed by atoms with E-state index in [1.54, 1.807) is 0 Å². The summed E-state index contributed by atoms with van der Waals surface area (Å²) in [5.74, 6) is 4.98. The average Bonchev–Trinajstić information content (AvgIpc) is 3.09. The van der Waals surface area contributed by atoms with E-state index in [4.69, 9.17) is 0 Å². The van der Waals surface area contributed by atoms with E-state index in [1.807, 2.05) is 0 Å². The zero-order valence-corrected chi connectivity index (χ0v) is 19.6. The number of hydrogen-bond donors (Lipinski definition) is 0. The SMILES string of the molecule is CC1CCC(C(C)C)C(n2cc[n+](C3CC(C)CCC3C(C)C)c2)C1.F[B-](F)(F)F. The van der Waals surface area contributed by atoms with E-state index in [2.05, 4.69) is 69.4 Å². The highest BCUT2D eigenvalue weighted by Gasteiger charge is 2.38. The monoisotopic (exact) mass is 432 g/mol. The van der Waals surface area contributed by atoms with Crippen molar-refractivity contribution in [2.24, 2.45) is 35.5 Å². The van der Waals surface area contributed by atoms with Gasteiger partial charge in [0.1, 0.15) is 24.5 Å². The van der Waals surface area contributed by atoms with Crippen LogP contribution < -0.4 is 4.57 Å². The predicted octanol–water partition coefficient (Wildman–Crippen LogP) is 7.34. The van der Waals surface area contributed by atoms with Gasteiger partial charge >= 0.3 is 7.25 Å². The van der Waals surface area contributed by atoms with Crippen molar-refractivity contribution in [3.05, 3.63) is 18.7 Å². The summed E-state index contributed by atoms with van der Waals surface area (Å²) < 4.78 is 44.2. The Kier molecular flexibility index (Phi) is 8.87. The summed E-state index contributed by atoms with van der Waals surface area (Å²) in [7, 11) is -6.00. The van der Waals surface area contributed by atoms with Crippen LogP contribution in [-0.4, -0.2) is 11.8 Å². The van der Waals surface area contributed by atoms with Gasteiger partial charge in [-0.05, 0) is 49.4 Å². The standard InChI is InChI=1S/C23H41N2.BF4/c1-16(2)20-9-7-18(5)13-22(20)24-11-12-25(15-24)23-14-19(6)8-10-21(23)17(3)4;2-1(3,4)5/h11-12,15-23H,7-10,13-14H2,1-6H3;/q+1;-1. The van der Waals surface area contributed by atoms with Crippen LogP contribution in [0, 0.1) is 35.5 Å². The molecule has 174 valence electrons. The molecule has 1 aromatic rings. The molecule has 2 fully saturated rings. The van der Waals surface area contributed by atoms with Gasteiger partial charge in [0, 0.05) is 11.8 Å². The molecule has 1 heterocycles. The number of rotatable bonds is 4. The van der Waals surface area contributed by atoms with Crippen LogP contribution in [-0.2, 0) is 0 Å². The number of halogens is 4. The van der Waals surface area contributed by atoms with Crippen molar-refractivity contribution in [1.82, 2.24) is 4.57 Å². The van der Waals surface area contributed by atoms with Crippen LogP contribution in [0.1, 0.15) is 92.2 Å². The van der Waals surface area contributed by atoms with Crippen LogP contribution in [0.3, 0.4) is 0 Å². The number of aromatic nitrogens is 2. The first-order valence-electron chi connectivity index (χ1n) is 11.8. The van der Waals surface area contributed by atoms with E-state index in [0.29, 0.717) is 12.1 Å². The molecule has 0 saturated heterocycles. The van der Waals surface area contributed by atoms with Gasteiger partial charge in [-0.2, -0.15) is 0 Å². The zero-order chi connectivity index (χ0) is 22.6. The van der Waals surface area contributed by atoms with Crippen LogP contribution in [0.2, 0.25) is 0 Å². The van der Waals surface area contributed by atoms with Crippen LogP contribution in [0.15, 0.2) is 18.7 Å². The van der Waals surface area contributed by atoms with Gasteiger partial charge in [0.05, 0.1) is 0 Å². The predicted molar refractivity (Wildman–Crippen MR) is 116 cm³/mol. The van der Waals surface area contributed by atoms with E-state index in [0.717, 1.165) is 35.5 Å². The van der Waals surface area contributed by atoms with E-state index in [1.165, 1.54) is 38.5 Å². The number of imidazole rings is 1. The summed E-state index contributed by atoms with van der Waals surface area (Å²) in [5, 5.41) is 0. The van der Waals surface area contributed by atoms with Gasteiger partial charge in [0.15, 0.2) is 0 Å². The lowest BCUT2D eigenvalue weighted by atomic mass is 9.74. The molecule has 0 radical (unpaired) electrons. The van der Waals surface area contributed by atoms with Crippen LogP contribution in [0.25, 0.3) is 0 Å². The van der Waals surface area contributed by atoms with Crippen LogP contribution >= 0.6 is 0 Å². The van der Waals surface area contributed by atoms with Gasteiger partial charge in [-0.3, -0.25) is 0 Å². The molecule has 6 unspecified atom stereocenters. The summed E-state index contributed by atoms with van der Waals surface area (Å²) in [5.41, 5.74) is 0. The Bertz CT molecular complexity index is 591. The first kappa shape index (κ1) is 25.3. The highest BCUT2D eigenvalue weighted by molar-refractivity contribution is 6.50. The maximum Gasteiger partial charge on any atom is 0.673 e. The molecule has 0 aromatic carbocycles. The summed E-state index contributed by atoms with van der Waals surface area (Å²) in [4.78, 5) is 0. The molecule has 0 bridgehead atoms. The molecule has 2 aliphatic carbocycles. The lowest BCUT2D eigenvalue weighted by Gasteiger charge is -2.36. The first-order chi connectivity index (χ1) is 13.9. The third-order valence-corrected chi connectivity index (χ3v) is 7.42. The largest absolute Gasteiger partial charge is 0.673 e. The maximum absolute atomic E-state index is 9.75. The third kappa shape index (κ3) is 7.30. The number of nitrogens with zero attached hydrogens (tertiary/aromatic N) is 2. The molecule has 7 heteroatoms. The van der Waals surface area contributed by atoms with Gasteiger partial charge in [0.25, 0.3) is 0 Å². The lowest BCUT2D eigenvalue weighted by molar-refractivity contribution is -0.734. The molecular formula is C23H41BF4N2. The van der Waals surface area contributed by atoms with Crippen LogP contribution in [0.5, 0.6) is 0 Å². The van der Waals surface area contributed by atoms with Crippen molar-refractivity contribution >= 4 is 7.25 Å². The van der Waals surface area contributed by atoms with Crippen LogP contribution in [0.4, 0.5) is 17.3 Å². The normalized spacial score (nSPS) is 32.8. The van der Waals surface area contributed by atoms with Crippen molar-refractivity contribution < 1.29 is 21.8 Å². The molecule has 1 aromatic heterocycles. The second-order valence-corrected chi connectivity index (χ2v) is 10.6. The molecule has 0 spiro atoms. The van der Waals surface area contributed by atoms with E-state index >= 15 is 0 Å².